The minimum Gasteiger partial charge on any atom is -0.352 e. The largest absolute Gasteiger partial charge is 0.352 e. The highest BCUT2D eigenvalue weighted by molar-refractivity contribution is 7.98. The Balaban J connectivity index is 1.54. The van der Waals surface area contributed by atoms with E-state index in [9.17, 15) is 9.18 Å². The Kier molecular flexibility index (Phi) is 6.38. The maximum atomic E-state index is 14.0. The molecule has 0 saturated carbocycles. The second-order valence-electron chi connectivity index (χ2n) is 7.67. The van der Waals surface area contributed by atoms with Crippen LogP contribution < -0.4 is 5.32 Å². The lowest BCUT2D eigenvalue weighted by atomic mass is 10.0. The zero-order valence-corrected chi connectivity index (χ0v) is 18.4. The topological polar surface area (TPSA) is 29.1 Å². The quantitative estimate of drug-likeness (QED) is 0.453. The summed E-state index contributed by atoms with van der Waals surface area (Å²) in [6, 6.07) is 21.2. The normalized spacial score (nSPS) is 13.8. The van der Waals surface area contributed by atoms with E-state index in [4.69, 9.17) is 0 Å². The lowest BCUT2D eigenvalue weighted by Crippen LogP contribution is -2.22. The molecule has 31 heavy (non-hydrogen) atoms. The number of fused-ring (bicyclic) bond motifs is 1. The van der Waals surface area contributed by atoms with E-state index in [1.165, 1.54) is 17.0 Å². The molecule has 4 rings (SSSR count). The van der Waals surface area contributed by atoms with E-state index >= 15 is 0 Å². The zero-order chi connectivity index (χ0) is 21.8. The van der Waals surface area contributed by atoms with Crippen molar-refractivity contribution in [2.75, 3.05) is 6.26 Å². The van der Waals surface area contributed by atoms with Gasteiger partial charge in [0.2, 0.25) is 5.91 Å². The molecule has 0 atom stereocenters. The number of halogens is 1. The molecule has 0 aliphatic heterocycles. The number of hydrogen-bond donors (Lipinski definition) is 1. The number of rotatable bonds is 6. The molecule has 0 radical (unpaired) electrons. The first-order valence-electron chi connectivity index (χ1n) is 10.2. The van der Waals surface area contributed by atoms with Crippen molar-refractivity contribution in [2.45, 2.75) is 24.8 Å². The van der Waals surface area contributed by atoms with Crippen molar-refractivity contribution >= 4 is 34.9 Å². The van der Waals surface area contributed by atoms with Crippen LogP contribution >= 0.6 is 11.8 Å². The first-order valence-corrected chi connectivity index (χ1v) is 11.4. The molecule has 1 amide bonds. The smallest absolute Gasteiger partial charge is 0.224 e. The van der Waals surface area contributed by atoms with Gasteiger partial charge >= 0.3 is 0 Å². The van der Waals surface area contributed by atoms with Crippen LogP contribution in [0.15, 0.2) is 77.7 Å². The van der Waals surface area contributed by atoms with E-state index in [2.05, 4.69) is 41.7 Å². The maximum Gasteiger partial charge on any atom is 0.224 e. The summed E-state index contributed by atoms with van der Waals surface area (Å²) in [5.74, 6) is -0.371. The third-order valence-corrected chi connectivity index (χ3v) is 6.07. The third-order valence-electron chi connectivity index (χ3n) is 5.33. The molecule has 0 fully saturated rings. The highest BCUT2D eigenvalue weighted by Gasteiger charge is 2.21. The van der Waals surface area contributed by atoms with Gasteiger partial charge in [-0.2, -0.15) is 0 Å². The number of allylic oxidation sites excluding steroid dienone is 2. The van der Waals surface area contributed by atoms with Crippen molar-refractivity contribution in [3.05, 3.63) is 106 Å². The molecule has 1 aliphatic rings. The van der Waals surface area contributed by atoms with Gasteiger partial charge in [0.15, 0.2) is 0 Å². The summed E-state index contributed by atoms with van der Waals surface area (Å²) < 4.78 is 14.0. The summed E-state index contributed by atoms with van der Waals surface area (Å²) >= 11 is 1.70. The number of carbonyl (C=O) groups is 1. The maximum absolute atomic E-state index is 14.0. The average molecular weight is 430 g/mol. The molecule has 3 aromatic rings. The molecule has 156 valence electrons. The second kappa shape index (κ2) is 9.36. The molecular formula is C27H24FNOS. The molecule has 4 heteroatoms. The minimum absolute atomic E-state index is 0.0754. The molecule has 1 N–H and O–H groups in total. The van der Waals surface area contributed by atoms with Gasteiger partial charge in [-0.1, -0.05) is 48.0 Å². The first-order chi connectivity index (χ1) is 15.0. The number of thioether (sulfide) groups is 1. The van der Waals surface area contributed by atoms with Crippen molar-refractivity contribution < 1.29 is 9.18 Å². The zero-order valence-electron chi connectivity index (χ0n) is 17.6. The van der Waals surface area contributed by atoms with E-state index in [0.29, 0.717) is 6.54 Å². The Bertz CT molecular complexity index is 1180. The van der Waals surface area contributed by atoms with Gasteiger partial charge in [0, 0.05) is 11.4 Å². The SMILES string of the molecule is CSc1ccc(C=C2C=C(CC(=O)NCc3cccc(C)c3)c3cc(F)ccc32)cc1. The predicted molar refractivity (Wildman–Crippen MR) is 128 cm³/mol. The van der Waals surface area contributed by atoms with Crippen LogP contribution in [0.1, 0.15) is 34.2 Å². The minimum atomic E-state index is -0.296. The first kappa shape index (κ1) is 21.1. The summed E-state index contributed by atoms with van der Waals surface area (Å²) in [6.07, 6.45) is 6.34. The van der Waals surface area contributed by atoms with Crippen LogP contribution in [0.5, 0.6) is 0 Å². The summed E-state index contributed by atoms with van der Waals surface area (Å²) in [7, 11) is 0. The van der Waals surface area contributed by atoms with Gasteiger partial charge in [-0.15, -0.1) is 11.8 Å². The molecule has 1 aliphatic carbocycles. The van der Waals surface area contributed by atoms with E-state index in [1.807, 2.05) is 37.5 Å². The van der Waals surface area contributed by atoms with Crippen LogP contribution in [0.2, 0.25) is 0 Å². The van der Waals surface area contributed by atoms with Crippen LogP contribution in [-0.4, -0.2) is 12.2 Å². The predicted octanol–water partition coefficient (Wildman–Crippen LogP) is 6.50. The van der Waals surface area contributed by atoms with E-state index in [0.717, 1.165) is 39.0 Å². The Morgan fingerprint density at radius 2 is 1.84 bits per heavy atom. The second-order valence-corrected chi connectivity index (χ2v) is 8.55. The van der Waals surface area contributed by atoms with Crippen molar-refractivity contribution in [1.82, 2.24) is 5.32 Å². The number of benzene rings is 3. The van der Waals surface area contributed by atoms with Crippen LogP contribution in [-0.2, 0) is 11.3 Å². The van der Waals surface area contributed by atoms with Gasteiger partial charge in [-0.25, -0.2) is 4.39 Å². The molecule has 0 bridgehead atoms. The fourth-order valence-electron chi connectivity index (χ4n) is 3.78. The Hall–Kier alpha value is -3.11. The number of hydrogen-bond acceptors (Lipinski definition) is 2. The summed E-state index contributed by atoms with van der Waals surface area (Å²) in [5, 5.41) is 2.98. The van der Waals surface area contributed by atoms with Crippen molar-refractivity contribution in [3.63, 3.8) is 0 Å². The molecular weight excluding hydrogens is 405 g/mol. The van der Waals surface area contributed by atoms with E-state index in [-0.39, 0.29) is 18.1 Å². The summed E-state index contributed by atoms with van der Waals surface area (Å²) in [6.45, 7) is 2.51. The molecule has 0 unspecified atom stereocenters. The van der Waals surface area contributed by atoms with Gasteiger partial charge in [-0.05, 0) is 83.0 Å². The number of carbonyl (C=O) groups excluding carboxylic acids is 1. The standard InChI is InChI=1S/C27H24FNOS/c1-18-4-3-5-20(12-18)17-29-27(30)15-22-14-21(25-11-8-23(28)16-26(22)25)13-19-6-9-24(31-2)10-7-19/h3-14,16H,15,17H2,1-2H3,(H,29,30). The highest BCUT2D eigenvalue weighted by atomic mass is 32.2. The lowest BCUT2D eigenvalue weighted by Gasteiger charge is -2.08. The summed E-state index contributed by atoms with van der Waals surface area (Å²) in [4.78, 5) is 13.8. The number of nitrogens with one attached hydrogen (secondary N) is 1. The lowest BCUT2D eigenvalue weighted by molar-refractivity contribution is -0.120. The van der Waals surface area contributed by atoms with Gasteiger partial charge in [0.1, 0.15) is 5.82 Å². The van der Waals surface area contributed by atoms with E-state index in [1.54, 1.807) is 17.8 Å². The fraction of sp³-hybridized carbons (Fsp3) is 0.148. The van der Waals surface area contributed by atoms with Gasteiger partial charge in [-0.3, -0.25) is 4.79 Å². The highest BCUT2D eigenvalue weighted by Crippen LogP contribution is 2.38. The van der Waals surface area contributed by atoms with E-state index < -0.39 is 0 Å². The average Bonchev–Trinajstić information content (AvgIpc) is 3.09. The van der Waals surface area contributed by atoms with Crippen molar-refractivity contribution in [2.24, 2.45) is 0 Å². The Morgan fingerprint density at radius 3 is 2.58 bits per heavy atom. The van der Waals surface area contributed by atoms with Gasteiger partial charge in [0.25, 0.3) is 0 Å². The van der Waals surface area contributed by atoms with Crippen molar-refractivity contribution in [1.29, 1.82) is 0 Å². The Morgan fingerprint density at radius 1 is 1.03 bits per heavy atom. The third kappa shape index (κ3) is 5.15. The van der Waals surface area contributed by atoms with Crippen LogP contribution in [0, 0.1) is 12.7 Å². The van der Waals surface area contributed by atoms with Crippen LogP contribution in [0.4, 0.5) is 4.39 Å². The molecule has 0 spiro atoms. The summed E-state index contributed by atoms with van der Waals surface area (Å²) in [5.41, 5.74) is 6.88. The molecule has 0 heterocycles. The number of aryl methyl sites for hydroxylation is 1. The van der Waals surface area contributed by atoms with Gasteiger partial charge in [0.05, 0.1) is 6.42 Å². The molecule has 0 saturated heterocycles. The monoisotopic (exact) mass is 429 g/mol. The van der Waals surface area contributed by atoms with Crippen LogP contribution in [0.25, 0.3) is 17.2 Å². The van der Waals surface area contributed by atoms with Crippen molar-refractivity contribution in [3.8, 4) is 0 Å². The van der Waals surface area contributed by atoms with Gasteiger partial charge < -0.3 is 5.32 Å². The molecule has 2 nitrogen and oxygen atoms in total. The number of amides is 1. The van der Waals surface area contributed by atoms with Crippen LogP contribution in [0.3, 0.4) is 0 Å². The fourth-order valence-corrected chi connectivity index (χ4v) is 4.19. The Labute approximate surface area is 186 Å². The molecule has 3 aromatic carbocycles. The molecule has 0 aromatic heterocycles.